The summed E-state index contributed by atoms with van der Waals surface area (Å²) in [5.41, 5.74) is 0.617. The van der Waals surface area contributed by atoms with E-state index in [1.165, 1.54) is 22.8 Å². The highest BCUT2D eigenvalue weighted by atomic mass is 32.2. The third-order valence-electron chi connectivity index (χ3n) is 3.48. The van der Waals surface area contributed by atoms with Crippen molar-refractivity contribution in [1.29, 1.82) is 0 Å². The predicted octanol–water partition coefficient (Wildman–Crippen LogP) is 1.00. The second kappa shape index (κ2) is 6.17. The number of fused-ring (bicyclic) bond motifs is 1. The number of nitrogens with one attached hydrogen (secondary N) is 1. The molecule has 0 radical (unpaired) electrons. The minimum absolute atomic E-state index is 0.135. The van der Waals surface area contributed by atoms with Gasteiger partial charge >= 0.3 is 11.7 Å². The highest BCUT2D eigenvalue weighted by Gasteiger charge is 2.28. The van der Waals surface area contributed by atoms with Crippen molar-refractivity contribution in [3.63, 3.8) is 0 Å². The molecule has 23 heavy (non-hydrogen) atoms. The topological polar surface area (TPSA) is 119 Å². The molecule has 0 saturated heterocycles. The molecular weight excluding hydrogens is 324 g/mol. The summed E-state index contributed by atoms with van der Waals surface area (Å²) in [5.74, 6) is -2.26. The van der Waals surface area contributed by atoms with E-state index >= 15 is 0 Å². The number of benzene rings is 1. The molecule has 0 bridgehead atoms. The number of rotatable bonds is 6. The molecule has 1 aromatic carbocycles. The van der Waals surface area contributed by atoms with Crippen LogP contribution in [0, 0.1) is 5.92 Å². The monoisotopic (exact) mass is 342 g/mol. The van der Waals surface area contributed by atoms with Gasteiger partial charge in [-0.25, -0.2) is 13.2 Å². The normalized spacial score (nSPS) is 13.6. The first-order valence-electron chi connectivity index (χ1n) is 7.06. The summed E-state index contributed by atoms with van der Waals surface area (Å²) >= 11 is 0. The van der Waals surface area contributed by atoms with Gasteiger partial charge in [0.05, 0.1) is 10.4 Å². The summed E-state index contributed by atoms with van der Waals surface area (Å²) in [6, 6.07) is 2.74. The largest absolute Gasteiger partial charge is 0.480 e. The maximum absolute atomic E-state index is 12.4. The highest BCUT2D eigenvalue weighted by molar-refractivity contribution is 7.89. The molecule has 2 N–H and O–H groups in total. The maximum Gasteiger partial charge on any atom is 0.419 e. The number of carboxylic acids is 1. The van der Waals surface area contributed by atoms with E-state index in [0.29, 0.717) is 12.1 Å². The van der Waals surface area contributed by atoms with Crippen molar-refractivity contribution < 1.29 is 22.7 Å². The van der Waals surface area contributed by atoms with Gasteiger partial charge in [0.25, 0.3) is 0 Å². The first-order chi connectivity index (χ1) is 10.7. The maximum atomic E-state index is 12.4. The van der Waals surface area contributed by atoms with E-state index in [0.717, 1.165) is 0 Å². The van der Waals surface area contributed by atoms with Crippen LogP contribution in [-0.2, 0) is 21.4 Å². The van der Waals surface area contributed by atoms with Crippen molar-refractivity contribution >= 4 is 27.1 Å². The molecule has 1 atom stereocenters. The number of hydrogen-bond acceptors (Lipinski definition) is 5. The zero-order valence-electron chi connectivity index (χ0n) is 12.9. The summed E-state index contributed by atoms with van der Waals surface area (Å²) in [5, 5.41) is 9.11. The molecule has 0 spiro atoms. The Morgan fingerprint density at radius 2 is 2.04 bits per heavy atom. The van der Waals surface area contributed by atoms with Crippen LogP contribution in [-0.4, -0.2) is 30.1 Å². The van der Waals surface area contributed by atoms with Gasteiger partial charge in [0.15, 0.2) is 5.58 Å². The van der Waals surface area contributed by atoms with Crippen LogP contribution in [0.4, 0.5) is 0 Å². The van der Waals surface area contributed by atoms with Gasteiger partial charge in [-0.1, -0.05) is 13.8 Å². The fourth-order valence-corrected chi connectivity index (χ4v) is 3.57. The van der Waals surface area contributed by atoms with E-state index in [1.54, 1.807) is 20.8 Å². The second-order valence-corrected chi connectivity index (χ2v) is 7.14. The molecule has 0 aliphatic carbocycles. The molecule has 1 aromatic heterocycles. The zero-order valence-corrected chi connectivity index (χ0v) is 13.8. The SMILES string of the molecule is CCn1c(=O)oc2cc(S(=O)(=O)N[C@@H](C(=O)O)C(C)C)ccc21. The van der Waals surface area contributed by atoms with Gasteiger partial charge < -0.3 is 9.52 Å². The summed E-state index contributed by atoms with van der Waals surface area (Å²) in [6.45, 7) is 5.36. The quantitative estimate of drug-likeness (QED) is 0.808. The van der Waals surface area contributed by atoms with E-state index in [9.17, 15) is 18.0 Å². The molecule has 0 amide bonds. The summed E-state index contributed by atoms with van der Waals surface area (Å²) in [6.07, 6.45) is 0. The Labute approximate surface area is 132 Å². The van der Waals surface area contributed by atoms with Gasteiger partial charge in [0, 0.05) is 12.6 Å². The average Bonchev–Trinajstić information content (AvgIpc) is 2.78. The third-order valence-corrected chi connectivity index (χ3v) is 4.92. The van der Waals surface area contributed by atoms with Gasteiger partial charge in [0.1, 0.15) is 6.04 Å². The van der Waals surface area contributed by atoms with Crippen LogP contribution in [0.25, 0.3) is 11.1 Å². The molecule has 0 aliphatic heterocycles. The number of sulfonamides is 1. The standard InChI is InChI=1S/C14H18N2O6S/c1-4-16-10-6-5-9(7-11(10)22-14(16)19)23(20,21)15-12(8(2)3)13(17)18/h5-8,12,15H,4H2,1-3H3,(H,17,18)/t12-/m1/s1. The van der Waals surface area contributed by atoms with Crippen LogP contribution in [0.15, 0.2) is 32.3 Å². The molecule has 9 heteroatoms. The molecule has 8 nitrogen and oxygen atoms in total. The van der Waals surface area contributed by atoms with E-state index < -0.39 is 33.7 Å². The van der Waals surface area contributed by atoms with Crippen LogP contribution in [0.1, 0.15) is 20.8 Å². The Morgan fingerprint density at radius 3 is 2.57 bits per heavy atom. The molecule has 126 valence electrons. The highest BCUT2D eigenvalue weighted by Crippen LogP contribution is 2.19. The minimum atomic E-state index is -4.05. The van der Waals surface area contributed by atoms with Crippen molar-refractivity contribution in [2.24, 2.45) is 5.92 Å². The second-order valence-electron chi connectivity index (χ2n) is 5.42. The van der Waals surface area contributed by atoms with E-state index in [-0.39, 0.29) is 10.5 Å². The van der Waals surface area contributed by atoms with E-state index in [2.05, 4.69) is 4.72 Å². The smallest absolute Gasteiger partial charge is 0.419 e. The van der Waals surface area contributed by atoms with E-state index in [4.69, 9.17) is 9.52 Å². The van der Waals surface area contributed by atoms with Crippen molar-refractivity contribution in [3.05, 3.63) is 28.7 Å². The Bertz CT molecular complexity index is 894. The van der Waals surface area contributed by atoms with Crippen LogP contribution >= 0.6 is 0 Å². The first-order valence-corrected chi connectivity index (χ1v) is 8.54. The van der Waals surface area contributed by atoms with Crippen LogP contribution < -0.4 is 10.5 Å². The molecule has 0 unspecified atom stereocenters. The van der Waals surface area contributed by atoms with Crippen molar-refractivity contribution in [3.8, 4) is 0 Å². The lowest BCUT2D eigenvalue weighted by atomic mass is 10.1. The molecule has 1 heterocycles. The fraction of sp³-hybridized carbons (Fsp3) is 0.429. The van der Waals surface area contributed by atoms with Crippen LogP contribution in [0.2, 0.25) is 0 Å². The lowest BCUT2D eigenvalue weighted by Gasteiger charge is -2.17. The van der Waals surface area contributed by atoms with Crippen molar-refractivity contribution in [2.75, 3.05) is 0 Å². The Hall–Kier alpha value is -2.13. The number of aromatic nitrogens is 1. The molecule has 2 rings (SSSR count). The Kier molecular flexibility index (Phi) is 4.62. The zero-order chi connectivity index (χ0) is 17.4. The molecule has 0 fully saturated rings. The first kappa shape index (κ1) is 17.2. The fourth-order valence-electron chi connectivity index (χ4n) is 2.22. The minimum Gasteiger partial charge on any atom is -0.480 e. The Morgan fingerprint density at radius 1 is 1.39 bits per heavy atom. The summed E-state index contributed by atoms with van der Waals surface area (Å²) < 4.78 is 33.3. The van der Waals surface area contributed by atoms with Crippen LogP contribution in [0.5, 0.6) is 0 Å². The lowest BCUT2D eigenvalue weighted by molar-refractivity contribution is -0.140. The van der Waals surface area contributed by atoms with Gasteiger partial charge in [-0.3, -0.25) is 9.36 Å². The number of oxazole rings is 1. The number of nitrogens with zero attached hydrogens (tertiary/aromatic N) is 1. The van der Waals surface area contributed by atoms with Crippen molar-refractivity contribution in [1.82, 2.24) is 9.29 Å². The molecular formula is C14H18N2O6S. The van der Waals surface area contributed by atoms with Gasteiger partial charge in [-0.05, 0) is 25.0 Å². The number of aliphatic carboxylic acids is 1. The number of hydrogen-bond donors (Lipinski definition) is 2. The molecule has 0 aliphatic rings. The third kappa shape index (κ3) is 3.30. The predicted molar refractivity (Wildman–Crippen MR) is 82.7 cm³/mol. The number of carbonyl (C=O) groups is 1. The average molecular weight is 342 g/mol. The number of aryl methyl sites for hydroxylation is 1. The van der Waals surface area contributed by atoms with Crippen molar-refractivity contribution in [2.45, 2.75) is 38.3 Å². The van der Waals surface area contributed by atoms with Gasteiger partial charge in [-0.2, -0.15) is 4.72 Å². The Balaban J connectivity index is 2.46. The van der Waals surface area contributed by atoms with E-state index in [1.807, 2.05) is 0 Å². The van der Waals surface area contributed by atoms with Crippen LogP contribution in [0.3, 0.4) is 0 Å². The lowest BCUT2D eigenvalue weighted by Crippen LogP contribution is -2.44. The summed E-state index contributed by atoms with van der Waals surface area (Å²) in [4.78, 5) is 22.6. The van der Waals surface area contributed by atoms with Gasteiger partial charge in [0.2, 0.25) is 10.0 Å². The van der Waals surface area contributed by atoms with Gasteiger partial charge in [-0.15, -0.1) is 0 Å². The molecule has 0 saturated carbocycles. The summed E-state index contributed by atoms with van der Waals surface area (Å²) in [7, 11) is -4.05. The molecule has 2 aromatic rings. The number of carboxylic acid groups (broad SMARTS) is 1.